The van der Waals surface area contributed by atoms with Gasteiger partial charge in [0.1, 0.15) is 12.6 Å². The summed E-state index contributed by atoms with van der Waals surface area (Å²) in [7, 11) is 0. The van der Waals surface area contributed by atoms with Crippen molar-refractivity contribution in [3.8, 4) is 11.5 Å². The van der Waals surface area contributed by atoms with Crippen LogP contribution in [-0.4, -0.2) is 34.4 Å². The predicted molar refractivity (Wildman–Crippen MR) is 112 cm³/mol. The summed E-state index contributed by atoms with van der Waals surface area (Å²) < 4.78 is 12.3. The first-order valence-corrected chi connectivity index (χ1v) is 10.7. The molecular formula is C19H19BrN2O6S. The van der Waals surface area contributed by atoms with E-state index in [0.29, 0.717) is 28.3 Å². The van der Waals surface area contributed by atoms with Crippen LogP contribution < -0.4 is 14.8 Å². The number of thioether (sulfide) groups is 1. The van der Waals surface area contributed by atoms with Gasteiger partial charge in [-0.3, -0.25) is 20.2 Å². The minimum Gasteiger partial charge on any atom is -0.490 e. The van der Waals surface area contributed by atoms with E-state index in [2.05, 4.69) is 21.2 Å². The molecule has 1 saturated heterocycles. The van der Waals surface area contributed by atoms with Crippen LogP contribution in [0.2, 0.25) is 0 Å². The Kier molecular flexibility index (Phi) is 6.99. The molecule has 0 aromatic heterocycles. The van der Waals surface area contributed by atoms with Gasteiger partial charge in [-0.2, -0.15) is 0 Å². The molecule has 0 bridgehead atoms. The van der Waals surface area contributed by atoms with Gasteiger partial charge in [0.2, 0.25) is 0 Å². The fraction of sp³-hybridized carbons (Fsp3) is 0.316. The SMILES string of the molecule is CCOc1cc(C2NC(C(=O)O)CS2)cc(Br)c1OCc1ccc([N+](=O)[O-])cc1. The van der Waals surface area contributed by atoms with E-state index in [9.17, 15) is 20.0 Å². The van der Waals surface area contributed by atoms with Crippen LogP contribution in [0.5, 0.6) is 11.5 Å². The molecule has 2 aromatic carbocycles. The standard InChI is InChI=1S/C19H19BrN2O6S/c1-2-27-16-8-12(18-21-15(10-29-18)19(23)24)7-14(20)17(16)28-9-11-3-5-13(6-4-11)22(25)26/h3-8,15,18,21H,2,9-10H2,1H3,(H,23,24). The van der Waals surface area contributed by atoms with Crippen molar-refractivity contribution in [2.75, 3.05) is 12.4 Å². The van der Waals surface area contributed by atoms with Gasteiger partial charge < -0.3 is 14.6 Å². The molecule has 1 fully saturated rings. The number of aliphatic carboxylic acids is 1. The number of carbonyl (C=O) groups is 1. The first-order chi connectivity index (χ1) is 13.9. The highest BCUT2D eigenvalue weighted by Crippen LogP contribution is 2.42. The highest BCUT2D eigenvalue weighted by atomic mass is 79.9. The number of rotatable bonds is 8. The number of ether oxygens (including phenoxy) is 2. The van der Waals surface area contributed by atoms with E-state index in [1.165, 1.54) is 23.9 Å². The van der Waals surface area contributed by atoms with Crippen LogP contribution in [0.1, 0.15) is 23.4 Å². The summed E-state index contributed by atoms with van der Waals surface area (Å²) in [6.07, 6.45) is 0. The summed E-state index contributed by atoms with van der Waals surface area (Å²) in [6.45, 7) is 2.52. The van der Waals surface area contributed by atoms with E-state index in [4.69, 9.17) is 9.47 Å². The van der Waals surface area contributed by atoms with Gasteiger partial charge in [-0.05, 0) is 58.2 Å². The maximum atomic E-state index is 11.2. The molecule has 1 heterocycles. The molecule has 0 radical (unpaired) electrons. The highest BCUT2D eigenvalue weighted by molar-refractivity contribution is 9.10. The van der Waals surface area contributed by atoms with Crippen LogP contribution >= 0.6 is 27.7 Å². The number of carboxylic acids is 1. The minimum absolute atomic E-state index is 0.0236. The number of nitrogens with zero attached hydrogens (tertiary/aromatic N) is 1. The summed E-state index contributed by atoms with van der Waals surface area (Å²) in [6, 6.07) is 9.29. The number of carboxylic acid groups (broad SMARTS) is 1. The molecule has 1 aliphatic rings. The Balaban J connectivity index is 1.77. The Bertz CT molecular complexity index is 908. The lowest BCUT2D eigenvalue weighted by atomic mass is 10.1. The average Bonchev–Trinajstić information content (AvgIpc) is 3.18. The quantitative estimate of drug-likeness (QED) is 0.426. The number of nitro benzene ring substituents is 1. The summed E-state index contributed by atoms with van der Waals surface area (Å²) >= 11 is 5.04. The van der Waals surface area contributed by atoms with E-state index in [1.54, 1.807) is 12.1 Å². The molecule has 2 aromatic rings. The third-order valence-electron chi connectivity index (χ3n) is 4.24. The van der Waals surface area contributed by atoms with Crippen molar-refractivity contribution in [2.45, 2.75) is 24.9 Å². The van der Waals surface area contributed by atoms with Crippen LogP contribution in [0, 0.1) is 10.1 Å². The lowest BCUT2D eigenvalue weighted by Gasteiger charge is -2.18. The predicted octanol–water partition coefficient (Wildman–Crippen LogP) is 4.12. The largest absolute Gasteiger partial charge is 0.490 e. The van der Waals surface area contributed by atoms with Crippen LogP contribution in [0.3, 0.4) is 0 Å². The number of benzene rings is 2. The number of hydrogen-bond donors (Lipinski definition) is 2. The topological polar surface area (TPSA) is 111 Å². The van der Waals surface area contributed by atoms with Gasteiger partial charge in [-0.15, -0.1) is 11.8 Å². The molecule has 154 valence electrons. The third kappa shape index (κ3) is 5.20. The van der Waals surface area contributed by atoms with Crippen molar-refractivity contribution in [3.05, 3.63) is 62.1 Å². The molecule has 29 heavy (non-hydrogen) atoms. The molecule has 0 saturated carbocycles. The first kappa shape index (κ1) is 21.4. The maximum Gasteiger partial charge on any atom is 0.321 e. The monoisotopic (exact) mass is 482 g/mol. The summed E-state index contributed by atoms with van der Waals surface area (Å²) in [5.74, 6) is 0.679. The zero-order chi connectivity index (χ0) is 21.0. The van der Waals surface area contributed by atoms with Gasteiger partial charge in [-0.25, -0.2) is 0 Å². The summed E-state index contributed by atoms with van der Waals surface area (Å²) in [4.78, 5) is 21.5. The average molecular weight is 483 g/mol. The molecule has 0 spiro atoms. The molecule has 2 unspecified atom stereocenters. The van der Waals surface area contributed by atoms with Crippen molar-refractivity contribution in [3.63, 3.8) is 0 Å². The molecule has 2 N–H and O–H groups in total. The van der Waals surface area contributed by atoms with Crippen molar-refractivity contribution < 1.29 is 24.3 Å². The second-order valence-corrected chi connectivity index (χ2v) is 8.24. The number of nitrogens with one attached hydrogen (secondary N) is 1. The van der Waals surface area contributed by atoms with Gasteiger partial charge in [0.05, 0.1) is 21.4 Å². The first-order valence-electron chi connectivity index (χ1n) is 8.82. The lowest BCUT2D eigenvalue weighted by Crippen LogP contribution is -2.33. The number of halogens is 1. The number of nitro groups is 1. The lowest BCUT2D eigenvalue weighted by molar-refractivity contribution is -0.384. The van der Waals surface area contributed by atoms with Gasteiger partial charge in [0.25, 0.3) is 5.69 Å². The summed E-state index contributed by atoms with van der Waals surface area (Å²) in [5, 5.41) is 22.9. The second kappa shape index (κ2) is 9.47. The van der Waals surface area contributed by atoms with Gasteiger partial charge >= 0.3 is 5.97 Å². The van der Waals surface area contributed by atoms with E-state index in [1.807, 2.05) is 19.1 Å². The molecular weight excluding hydrogens is 464 g/mol. The maximum absolute atomic E-state index is 11.2. The highest BCUT2D eigenvalue weighted by Gasteiger charge is 2.31. The van der Waals surface area contributed by atoms with E-state index in [0.717, 1.165) is 11.1 Å². The van der Waals surface area contributed by atoms with Crippen molar-refractivity contribution >= 4 is 39.3 Å². The fourth-order valence-electron chi connectivity index (χ4n) is 2.82. The van der Waals surface area contributed by atoms with E-state index >= 15 is 0 Å². The molecule has 0 amide bonds. The molecule has 3 rings (SSSR count). The molecule has 8 nitrogen and oxygen atoms in total. The zero-order valence-electron chi connectivity index (χ0n) is 15.5. The Labute approximate surface area is 179 Å². The number of non-ortho nitro benzene ring substituents is 1. The minimum atomic E-state index is -0.868. The van der Waals surface area contributed by atoms with Crippen molar-refractivity contribution in [2.24, 2.45) is 0 Å². The van der Waals surface area contributed by atoms with Gasteiger partial charge in [-0.1, -0.05) is 0 Å². The molecule has 1 aliphatic heterocycles. The van der Waals surface area contributed by atoms with Crippen LogP contribution in [0.15, 0.2) is 40.9 Å². The third-order valence-corrected chi connectivity index (χ3v) is 6.10. The Morgan fingerprint density at radius 2 is 2.07 bits per heavy atom. The van der Waals surface area contributed by atoms with Crippen molar-refractivity contribution in [1.82, 2.24) is 5.32 Å². The second-order valence-electron chi connectivity index (χ2n) is 6.25. The van der Waals surface area contributed by atoms with Crippen LogP contribution in [0.25, 0.3) is 0 Å². The zero-order valence-corrected chi connectivity index (χ0v) is 17.9. The van der Waals surface area contributed by atoms with Crippen LogP contribution in [-0.2, 0) is 11.4 Å². The van der Waals surface area contributed by atoms with Crippen LogP contribution in [0.4, 0.5) is 5.69 Å². The Morgan fingerprint density at radius 1 is 1.34 bits per heavy atom. The van der Waals surface area contributed by atoms with Gasteiger partial charge in [0, 0.05) is 17.9 Å². The van der Waals surface area contributed by atoms with Crippen molar-refractivity contribution in [1.29, 1.82) is 0 Å². The molecule has 10 heteroatoms. The molecule has 0 aliphatic carbocycles. The fourth-order valence-corrected chi connectivity index (χ4v) is 4.61. The Morgan fingerprint density at radius 3 is 2.66 bits per heavy atom. The Hall–Kier alpha value is -2.30. The molecule has 2 atom stereocenters. The van der Waals surface area contributed by atoms with Gasteiger partial charge in [0.15, 0.2) is 11.5 Å². The number of hydrogen-bond acceptors (Lipinski definition) is 7. The smallest absolute Gasteiger partial charge is 0.321 e. The van der Waals surface area contributed by atoms with E-state index < -0.39 is 16.9 Å². The summed E-state index contributed by atoms with van der Waals surface area (Å²) in [5.41, 5.74) is 1.69. The normalized spacial score (nSPS) is 18.4. The van der Waals surface area contributed by atoms with E-state index in [-0.39, 0.29) is 17.7 Å².